The Kier molecular flexibility index (Phi) is 5.42. The fraction of sp³-hybridized carbons (Fsp3) is 0.304. The molecule has 0 atom stereocenters. The van der Waals surface area contributed by atoms with Gasteiger partial charge in [-0.05, 0) is 42.7 Å². The molecule has 0 radical (unpaired) electrons. The number of fused-ring (bicyclic) bond motifs is 1. The maximum atomic E-state index is 12.2. The summed E-state index contributed by atoms with van der Waals surface area (Å²) in [6, 6.07) is 16.2. The molecule has 1 fully saturated rings. The van der Waals surface area contributed by atoms with Crippen molar-refractivity contribution in [2.24, 2.45) is 5.10 Å². The largest absolute Gasteiger partial charge is 0.273 e. The summed E-state index contributed by atoms with van der Waals surface area (Å²) in [5, 5.41) is 7.46. The Morgan fingerprint density at radius 3 is 2.86 bits per heavy atom. The molecule has 2 aromatic heterocycles. The number of amides is 1. The van der Waals surface area contributed by atoms with Crippen molar-refractivity contribution >= 4 is 22.5 Å². The first kappa shape index (κ1) is 18.3. The van der Waals surface area contributed by atoms with Crippen LogP contribution >= 0.6 is 0 Å². The normalized spacial score (nSPS) is 14.8. The van der Waals surface area contributed by atoms with E-state index in [-0.39, 0.29) is 5.91 Å². The van der Waals surface area contributed by atoms with Crippen LogP contribution in [0.5, 0.6) is 0 Å². The van der Waals surface area contributed by atoms with E-state index in [4.69, 9.17) is 10.1 Å². The van der Waals surface area contributed by atoms with Crippen molar-refractivity contribution in [2.75, 3.05) is 6.54 Å². The maximum Gasteiger partial charge on any atom is 0.242 e. The number of para-hydroxylation sites is 1. The van der Waals surface area contributed by atoms with Crippen molar-refractivity contribution in [1.29, 1.82) is 0 Å². The van der Waals surface area contributed by atoms with Gasteiger partial charge in [0.2, 0.25) is 5.91 Å². The van der Waals surface area contributed by atoms with E-state index in [1.165, 1.54) is 0 Å². The van der Waals surface area contributed by atoms with Crippen molar-refractivity contribution in [3.63, 3.8) is 0 Å². The Morgan fingerprint density at radius 1 is 1.14 bits per heavy atom. The SMILES string of the molecule is CCCc1cccc(C(Cc2ccnc3ccccc23)=NN2CCCC2=O)n1. The average Bonchev–Trinajstić information content (AvgIpc) is 3.13. The quantitative estimate of drug-likeness (QED) is 0.611. The molecule has 1 aliphatic heterocycles. The topological polar surface area (TPSA) is 58.5 Å². The second kappa shape index (κ2) is 8.30. The molecule has 0 saturated carbocycles. The Hall–Kier alpha value is -3.08. The van der Waals surface area contributed by atoms with Gasteiger partial charge < -0.3 is 0 Å². The molecule has 0 bridgehead atoms. The maximum absolute atomic E-state index is 12.2. The van der Waals surface area contributed by atoms with Crippen LogP contribution in [0, 0.1) is 0 Å². The molecule has 5 heteroatoms. The number of carbonyl (C=O) groups is 1. The Bertz CT molecular complexity index is 1020. The zero-order valence-electron chi connectivity index (χ0n) is 16.1. The van der Waals surface area contributed by atoms with Gasteiger partial charge in [0, 0.05) is 36.7 Å². The van der Waals surface area contributed by atoms with Crippen molar-refractivity contribution in [2.45, 2.75) is 39.0 Å². The van der Waals surface area contributed by atoms with Gasteiger partial charge in [0.15, 0.2) is 0 Å². The van der Waals surface area contributed by atoms with Gasteiger partial charge in [0.25, 0.3) is 0 Å². The number of rotatable bonds is 6. The summed E-state index contributed by atoms with van der Waals surface area (Å²) in [5.74, 6) is 0.0850. The van der Waals surface area contributed by atoms with Crippen molar-refractivity contribution in [3.8, 4) is 0 Å². The number of aryl methyl sites for hydroxylation is 1. The minimum absolute atomic E-state index is 0.0850. The molecule has 1 amide bonds. The van der Waals surface area contributed by atoms with Gasteiger partial charge in [0.05, 0.1) is 16.9 Å². The third-order valence-electron chi connectivity index (χ3n) is 5.00. The molecule has 4 rings (SSSR count). The van der Waals surface area contributed by atoms with Crippen LogP contribution in [0.3, 0.4) is 0 Å². The molecule has 0 unspecified atom stereocenters. The van der Waals surface area contributed by atoms with Crippen LogP contribution in [0.1, 0.15) is 43.1 Å². The molecular weight excluding hydrogens is 348 g/mol. The van der Waals surface area contributed by atoms with Gasteiger partial charge in [-0.1, -0.05) is 37.6 Å². The molecule has 142 valence electrons. The highest BCUT2D eigenvalue weighted by molar-refractivity contribution is 6.02. The average molecular weight is 372 g/mol. The zero-order valence-corrected chi connectivity index (χ0v) is 16.1. The number of nitrogens with zero attached hydrogens (tertiary/aromatic N) is 4. The highest BCUT2D eigenvalue weighted by atomic mass is 16.2. The molecule has 0 spiro atoms. The molecule has 3 aromatic rings. The number of benzene rings is 1. The van der Waals surface area contributed by atoms with E-state index in [0.29, 0.717) is 19.4 Å². The Morgan fingerprint density at radius 2 is 2.04 bits per heavy atom. The van der Waals surface area contributed by atoms with Gasteiger partial charge in [0.1, 0.15) is 0 Å². The second-order valence-corrected chi connectivity index (χ2v) is 7.10. The lowest BCUT2D eigenvalue weighted by Crippen LogP contribution is -2.22. The van der Waals surface area contributed by atoms with Gasteiger partial charge in [-0.3, -0.25) is 14.8 Å². The number of aromatic nitrogens is 2. The van der Waals surface area contributed by atoms with Gasteiger partial charge in [-0.15, -0.1) is 0 Å². The van der Waals surface area contributed by atoms with Crippen LogP contribution in [0.2, 0.25) is 0 Å². The number of carbonyl (C=O) groups excluding carboxylic acids is 1. The summed E-state index contributed by atoms with van der Waals surface area (Å²) in [4.78, 5) is 21.4. The van der Waals surface area contributed by atoms with Crippen LogP contribution < -0.4 is 0 Å². The molecule has 1 aromatic carbocycles. The lowest BCUT2D eigenvalue weighted by molar-refractivity contribution is -0.127. The first-order valence-electron chi connectivity index (χ1n) is 9.91. The highest BCUT2D eigenvalue weighted by Gasteiger charge is 2.21. The predicted molar refractivity (Wildman–Crippen MR) is 111 cm³/mol. The summed E-state index contributed by atoms with van der Waals surface area (Å²) in [6.07, 6.45) is 5.84. The molecule has 5 nitrogen and oxygen atoms in total. The molecule has 0 N–H and O–H groups in total. The smallest absolute Gasteiger partial charge is 0.242 e. The van der Waals surface area contributed by atoms with E-state index in [0.717, 1.165) is 52.8 Å². The van der Waals surface area contributed by atoms with Gasteiger partial charge in [-0.25, -0.2) is 5.01 Å². The molecule has 0 aliphatic carbocycles. The summed E-state index contributed by atoms with van der Waals surface area (Å²) in [5.41, 5.74) is 4.82. The van der Waals surface area contributed by atoms with Crippen LogP contribution in [0.15, 0.2) is 59.8 Å². The van der Waals surface area contributed by atoms with E-state index in [2.05, 4.69) is 18.0 Å². The number of hydrazone groups is 1. The van der Waals surface area contributed by atoms with E-state index in [1.807, 2.05) is 48.7 Å². The summed E-state index contributed by atoms with van der Waals surface area (Å²) < 4.78 is 0. The first-order valence-corrected chi connectivity index (χ1v) is 9.91. The van der Waals surface area contributed by atoms with Gasteiger partial charge >= 0.3 is 0 Å². The Balaban J connectivity index is 1.75. The van der Waals surface area contributed by atoms with E-state index in [1.54, 1.807) is 5.01 Å². The van der Waals surface area contributed by atoms with Crippen LogP contribution in [0.4, 0.5) is 0 Å². The number of pyridine rings is 2. The highest BCUT2D eigenvalue weighted by Crippen LogP contribution is 2.20. The number of hydrogen-bond acceptors (Lipinski definition) is 4. The van der Waals surface area contributed by atoms with E-state index >= 15 is 0 Å². The van der Waals surface area contributed by atoms with E-state index < -0.39 is 0 Å². The van der Waals surface area contributed by atoms with Gasteiger partial charge in [-0.2, -0.15) is 5.10 Å². The van der Waals surface area contributed by atoms with Crippen molar-refractivity contribution < 1.29 is 4.79 Å². The molecular formula is C23H24N4O. The zero-order chi connectivity index (χ0) is 19.3. The third-order valence-corrected chi connectivity index (χ3v) is 5.00. The lowest BCUT2D eigenvalue weighted by Gasteiger charge is -2.14. The van der Waals surface area contributed by atoms with Crippen molar-refractivity contribution in [3.05, 3.63) is 71.7 Å². The molecule has 28 heavy (non-hydrogen) atoms. The molecule has 3 heterocycles. The Labute approximate surface area is 165 Å². The predicted octanol–water partition coefficient (Wildman–Crippen LogP) is 4.15. The minimum Gasteiger partial charge on any atom is -0.273 e. The van der Waals surface area contributed by atoms with Crippen LogP contribution in [-0.2, 0) is 17.6 Å². The minimum atomic E-state index is 0.0850. The standard InChI is InChI=1S/C23H24N4O/c1-2-7-18-8-5-11-21(25-18)22(26-27-15-6-12-23(27)28)16-17-13-14-24-20-10-4-3-9-19(17)20/h3-5,8-11,13-14H,2,6-7,12,15-16H2,1H3. The third kappa shape index (κ3) is 3.93. The monoisotopic (exact) mass is 372 g/mol. The fourth-order valence-corrected chi connectivity index (χ4v) is 3.59. The fourth-order valence-electron chi connectivity index (χ4n) is 3.59. The van der Waals surface area contributed by atoms with Crippen LogP contribution in [0.25, 0.3) is 10.9 Å². The summed E-state index contributed by atoms with van der Waals surface area (Å²) in [7, 11) is 0. The summed E-state index contributed by atoms with van der Waals surface area (Å²) in [6.45, 7) is 2.82. The summed E-state index contributed by atoms with van der Waals surface area (Å²) >= 11 is 0. The first-order chi connectivity index (χ1) is 13.7. The van der Waals surface area contributed by atoms with Crippen LogP contribution in [-0.4, -0.2) is 33.1 Å². The van der Waals surface area contributed by atoms with E-state index in [9.17, 15) is 4.79 Å². The molecule has 1 saturated heterocycles. The molecule has 1 aliphatic rings. The number of hydrogen-bond donors (Lipinski definition) is 0. The second-order valence-electron chi connectivity index (χ2n) is 7.10. The lowest BCUT2D eigenvalue weighted by atomic mass is 10.0. The van der Waals surface area contributed by atoms with Crippen molar-refractivity contribution in [1.82, 2.24) is 15.0 Å².